The maximum absolute atomic E-state index is 13.2. The Bertz CT molecular complexity index is 612. The monoisotopic (exact) mass is 275 g/mol. The molecule has 1 saturated carbocycles. The summed E-state index contributed by atoms with van der Waals surface area (Å²) in [6, 6.07) is 1.77. The van der Waals surface area contributed by atoms with Crippen molar-refractivity contribution >= 4 is 17.3 Å². The SMILES string of the molecule is CC(F)[C@H]1C[C@@H]1c1cnnc(C2=CNC(=O)CC2=O)c1. The molecule has 2 aliphatic rings. The molecule has 6 heteroatoms. The lowest BCUT2D eigenvalue weighted by Crippen LogP contribution is -2.27. The van der Waals surface area contributed by atoms with Gasteiger partial charge in [0.15, 0.2) is 5.78 Å². The molecule has 1 N–H and O–H groups in total. The van der Waals surface area contributed by atoms with Gasteiger partial charge in [-0.2, -0.15) is 10.2 Å². The van der Waals surface area contributed by atoms with Gasteiger partial charge in [-0.1, -0.05) is 0 Å². The van der Waals surface area contributed by atoms with Gasteiger partial charge in [-0.05, 0) is 36.8 Å². The van der Waals surface area contributed by atoms with Gasteiger partial charge in [-0.25, -0.2) is 4.39 Å². The summed E-state index contributed by atoms with van der Waals surface area (Å²) in [5.74, 6) is -0.413. The molecule has 1 aliphatic carbocycles. The number of halogens is 1. The number of aromatic nitrogens is 2. The molecule has 20 heavy (non-hydrogen) atoms. The number of carbonyl (C=O) groups excluding carboxylic acids is 2. The first-order valence-corrected chi connectivity index (χ1v) is 6.56. The standard InChI is InChI=1S/C14H14FN3O2/c1-7(15)9-3-10(9)8-2-12(18-17-5-8)11-6-16-14(20)4-13(11)19/h2,5-7,9-10H,3-4H2,1H3,(H,16,20)/t7?,9-,10-/m1/s1. The highest BCUT2D eigenvalue weighted by molar-refractivity contribution is 6.27. The van der Waals surface area contributed by atoms with Crippen LogP contribution >= 0.6 is 0 Å². The number of hydrogen-bond donors (Lipinski definition) is 1. The predicted octanol–water partition coefficient (Wildman–Crippen LogP) is 1.37. The van der Waals surface area contributed by atoms with Crippen LogP contribution in [0.15, 0.2) is 18.5 Å². The molecule has 1 fully saturated rings. The third-order valence-electron chi connectivity index (χ3n) is 3.81. The van der Waals surface area contributed by atoms with Crippen molar-refractivity contribution < 1.29 is 14.0 Å². The number of alkyl halides is 1. The van der Waals surface area contributed by atoms with E-state index in [0.717, 1.165) is 12.0 Å². The van der Waals surface area contributed by atoms with Crippen LogP contribution in [0.5, 0.6) is 0 Å². The van der Waals surface area contributed by atoms with Crippen LogP contribution in [0.2, 0.25) is 0 Å². The molecular weight excluding hydrogens is 261 g/mol. The van der Waals surface area contributed by atoms with E-state index in [4.69, 9.17) is 0 Å². The number of ketones is 1. The van der Waals surface area contributed by atoms with Crippen LogP contribution in [0, 0.1) is 5.92 Å². The number of carbonyl (C=O) groups is 2. The molecule has 0 radical (unpaired) electrons. The topological polar surface area (TPSA) is 72.0 Å². The van der Waals surface area contributed by atoms with Crippen molar-refractivity contribution in [2.75, 3.05) is 0 Å². The minimum absolute atomic E-state index is 0.0304. The van der Waals surface area contributed by atoms with Crippen LogP contribution < -0.4 is 5.32 Å². The van der Waals surface area contributed by atoms with Gasteiger partial charge in [0.2, 0.25) is 5.91 Å². The third-order valence-corrected chi connectivity index (χ3v) is 3.81. The second-order valence-corrected chi connectivity index (χ2v) is 5.28. The van der Waals surface area contributed by atoms with Crippen molar-refractivity contribution in [3.05, 3.63) is 29.7 Å². The van der Waals surface area contributed by atoms with Crippen LogP contribution in [-0.4, -0.2) is 28.1 Å². The second-order valence-electron chi connectivity index (χ2n) is 5.28. The van der Waals surface area contributed by atoms with E-state index in [-0.39, 0.29) is 29.9 Å². The van der Waals surface area contributed by atoms with E-state index in [1.807, 2.05) is 0 Å². The highest BCUT2D eigenvalue weighted by Crippen LogP contribution is 2.50. The average molecular weight is 275 g/mol. The fraction of sp³-hybridized carbons (Fsp3) is 0.429. The Labute approximate surface area is 115 Å². The van der Waals surface area contributed by atoms with Crippen molar-refractivity contribution in [2.45, 2.75) is 31.9 Å². The van der Waals surface area contributed by atoms with Crippen LogP contribution in [0.1, 0.15) is 36.9 Å². The lowest BCUT2D eigenvalue weighted by molar-refractivity contribution is -0.125. The molecule has 0 saturated heterocycles. The number of nitrogens with zero attached hydrogens (tertiary/aromatic N) is 2. The van der Waals surface area contributed by atoms with Crippen LogP contribution in [0.3, 0.4) is 0 Å². The molecule has 104 valence electrons. The Morgan fingerprint density at radius 3 is 2.90 bits per heavy atom. The number of hydrogen-bond acceptors (Lipinski definition) is 4. The van der Waals surface area contributed by atoms with Crippen molar-refractivity contribution in [2.24, 2.45) is 5.92 Å². The maximum atomic E-state index is 13.2. The molecule has 2 heterocycles. The predicted molar refractivity (Wildman–Crippen MR) is 69.2 cm³/mol. The molecule has 0 spiro atoms. The number of Topliss-reactive ketones (excluding diaryl/α,β-unsaturated/α-hetero) is 1. The van der Waals surface area contributed by atoms with E-state index in [9.17, 15) is 14.0 Å². The van der Waals surface area contributed by atoms with Crippen LogP contribution in [-0.2, 0) is 9.59 Å². The molecular formula is C14H14FN3O2. The van der Waals surface area contributed by atoms with Crippen molar-refractivity contribution in [3.8, 4) is 0 Å². The molecule has 1 aliphatic heterocycles. The quantitative estimate of drug-likeness (QED) is 0.846. The Morgan fingerprint density at radius 1 is 1.45 bits per heavy atom. The summed E-state index contributed by atoms with van der Waals surface area (Å²) < 4.78 is 13.2. The van der Waals surface area contributed by atoms with Gasteiger partial charge >= 0.3 is 0 Å². The number of allylic oxidation sites excluding steroid dienone is 1. The maximum Gasteiger partial charge on any atom is 0.231 e. The molecule has 0 aromatic carbocycles. The molecule has 3 rings (SSSR count). The van der Waals surface area contributed by atoms with Gasteiger partial charge < -0.3 is 5.32 Å². The van der Waals surface area contributed by atoms with Gasteiger partial charge in [0.05, 0.1) is 23.9 Å². The molecule has 3 atom stereocenters. The number of rotatable bonds is 3. The molecule has 5 nitrogen and oxygen atoms in total. The Hall–Kier alpha value is -2.11. The highest BCUT2D eigenvalue weighted by Gasteiger charge is 2.43. The lowest BCUT2D eigenvalue weighted by Gasteiger charge is -2.12. The van der Waals surface area contributed by atoms with Gasteiger partial charge in [-0.15, -0.1) is 0 Å². The molecule has 1 unspecified atom stereocenters. The number of amides is 1. The zero-order valence-corrected chi connectivity index (χ0v) is 11.0. The fourth-order valence-corrected chi connectivity index (χ4v) is 2.56. The number of nitrogens with one attached hydrogen (secondary N) is 1. The van der Waals surface area contributed by atoms with Crippen molar-refractivity contribution in [1.82, 2.24) is 15.5 Å². The van der Waals surface area contributed by atoms with Crippen LogP contribution in [0.4, 0.5) is 4.39 Å². The summed E-state index contributed by atoms with van der Waals surface area (Å²) in [5, 5.41) is 10.3. The molecule has 1 aromatic heterocycles. The van der Waals surface area contributed by atoms with Gasteiger partial charge in [0, 0.05) is 6.20 Å². The summed E-state index contributed by atoms with van der Waals surface area (Å²) in [4.78, 5) is 22.9. The zero-order chi connectivity index (χ0) is 14.3. The Morgan fingerprint density at radius 2 is 2.25 bits per heavy atom. The van der Waals surface area contributed by atoms with E-state index >= 15 is 0 Å². The summed E-state index contributed by atoms with van der Waals surface area (Å²) in [7, 11) is 0. The largest absolute Gasteiger partial charge is 0.331 e. The first-order chi connectivity index (χ1) is 9.56. The zero-order valence-electron chi connectivity index (χ0n) is 11.0. The van der Waals surface area contributed by atoms with Gasteiger partial charge in [0.25, 0.3) is 0 Å². The van der Waals surface area contributed by atoms with E-state index in [1.54, 1.807) is 19.2 Å². The summed E-state index contributed by atoms with van der Waals surface area (Å²) in [6.45, 7) is 1.56. The fourth-order valence-electron chi connectivity index (χ4n) is 2.56. The van der Waals surface area contributed by atoms with E-state index in [2.05, 4.69) is 15.5 Å². The summed E-state index contributed by atoms with van der Waals surface area (Å²) in [5.41, 5.74) is 1.68. The molecule has 0 bridgehead atoms. The van der Waals surface area contributed by atoms with Crippen molar-refractivity contribution in [3.63, 3.8) is 0 Å². The molecule has 1 amide bonds. The first kappa shape index (κ1) is 12.9. The van der Waals surface area contributed by atoms with Gasteiger partial charge in [0.1, 0.15) is 6.17 Å². The van der Waals surface area contributed by atoms with E-state index < -0.39 is 6.17 Å². The average Bonchev–Trinajstić information content (AvgIpc) is 3.19. The normalized spacial score (nSPS) is 26.8. The second kappa shape index (κ2) is 4.77. The lowest BCUT2D eigenvalue weighted by atomic mass is 10.0. The minimum atomic E-state index is -0.841. The smallest absolute Gasteiger partial charge is 0.231 e. The van der Waals surface area contributed by atoms with E-state index in [0.29, 0.717) is 11.3 Å². The van der Waals surface area contributed by atoms with Gasteiger partial charge in [-0.3, -0.25) is 9.59 Å². The summed E-state index contributed by atoms with van der Waals surface area (Å²) >= 11 is 0. The Kier molecular flexibility index (Phi) is 3.08. The molecule has 1 aromatic rings. The summed E-state index contributed by atoms with van der Waals surface area (Å²) in [6.07, 6.45) is 2.76. The Balaban J connectivity index is 1.85. The first-order valence-electron chi connectivity index (χ1n) is 6.56. The van der Waals surface area contributed by atoms with Crippen molar-refractivity contribution in [1.29, 1.82) is 0 Å². The van der Waals surface area contributed by atoms with Crippen LogP contribution in [0.25, 0.3) is 5.57 Å². The third kappa shape index (κ3) is 2.33. The minimum Gasteiger partial charge on any atom is -0.331 e. The highest BCUT2D eigenvalue weighted by atomic mass is 19.1. The van der Waals surface area contributed by atoms with E-state index in [1.165, 1.54) is 6.20 Å².